The van der Waals surface area contributed by atoms with E-state index in [4.69, 9.17) is 9.84 Å². The van der Waals surface area contributed by atoms with Gasteiger partial charge in [0.15, 0.2) is 0 Å². The van der Waals surface area contributed by atoms with Gasteiger partial charge < -0.3 is 9.84 Å². The number of hydrogen-bond acceptors (Lipinski definition) is 3. The van der Waals surface area contributed by atoms with Crippen molar-refractivity contribution < 1.29 is 19.4 Å². The number of carboxylic acids is 1. The van der Waals surface area contributed by atoms with E-state index in [1.165, 1.54) is 109 Å². The van der Waals surface area contributed by atoms with Crippen LogP contribution in [0.15, 0.2) is 12.2 Å². The van der Waals surface area contributed by atoms with Crippen molar-refractivity contribution in [2.45, 2.75) is 200 Å². The molecule has 0 rings (SSSR count). The molecule has 0 amide bonds. The average Bonchev–Trinajstić information content (AvgIpc) is 2.91. The molecule has 0 aliphatic carbocycles. The molecule has 0 aromatic carbocycles. The summed E-state index contributed by atoms with van der Waals surface area (Å²) in [4.78, 5) is 23.0. The van der Waals surface area contributed by atoms with Gasteiger partial charge in [0.25, 0.3) is 0 Å². The molecule has 0 aliphatic heterocycles. The zero-order valence-corrected chi connectivity index (χ0v) is 26.2. The second kappa shape index (κ2) is 31.2. The number of carboxylic acid groups (broad SMARTS) is 1. The van der Waals surface area contributed by atoms with E-state index in [-0.39, 0.29) is 18.5 Å². The normalized spacial score (nSPS) is 12.3. The van der Waals surface area contributed by atoms with E-state index in [2.05, 4.69) is 26.0 Å². The predicted molar refractivity (Wildman–Crippen MR) is 167 cm³/mol. The minimum Gasteiger partial charge on any atom is -0.481 e. The summed E-state index contributed by atoms with van der Waals surface area (Å²) in [6, 6.07) is 0. The molecule has 1 unspecified atom stereocenters. The van der Waals surface area contributed by atoms with E-state index in [0.29, 0.717) is 6.42 Å². The van der Waals surface area contributed by atoms with E-state index in [1.54, 1.807) is 0 Å². The highest BCUT2D eigenvalue weighted by atomic mass is 16.5. The SMILES string of the molecule is CCC/C=C\C(CCCCCCC(=O)O)OC(=O)CCCCCCCCCCCCCCCCCCCCC. The third-order valence-electron chi connectivity index (χ3n) is 7.70. The Morgan fingerprint density at radius 3 is 1.41 bits per heavy atom. The molecule has 0 heterocycles. The first-order valence-electron chi connectivity index (χ1n) is 17.2. The first kappa shape index (κ1) is 37.7. The summed E-state index contributed by atoms with van der Waals surface area (Å²) in [6.07, 6.45) is 37.1. The standard InChI is InChI=1S/C35H66O4/c1-3-5-7-8-9-10-11-12-13-14-15-16-17-18-19-20-21-22-28-32-35(38)39-33(29-25-6-4-2)30-26-23-24-27-31-34(36)37/h25,29,33H,3-24,26-28,30-32H2,1-2H3,(H,36,37)/b29-25-. The van der Waals surface area contributed by atoms with Crippen LogP contribution in [0.4, 0.5) is 0 Å². The van der Waals surface area contributed by atoms with Crippen molar-refractivity contribution in [2.24, 2.45) is 0 Å². The molecule has 0 spiro atoms. The highest BCUT2D eigenvalue weighted by Gasteiger charge is 2.11. The van der Waals surface area contributed by atoms with Gasteiger partial charge in [0, 0.05) is 12.8 Å². The summed E-state index contributed by atoms with van der Waals surface area (Å²) in [5.41, 5.74) is 0. The van der Waals surface area contributed by atoms with Gasteiger partial charge in [0.2, 0.25) is 0 Å². The van der Waals surface area contributed by atoms with Gasteiger partial charge in [-0.15, -0.1) is 0 Å². The Labute approximate surface area is 243 Å². The fourth-order valence-corrected chi connectivity index (χ4v) is 5.16. The lowest BCUT2D eigenvalue weighted by Crippen LogP contribution is -2.16. The number of allylic oxidation sites excluding steroid dienone is 1. The van der Waals surface area contributed by atoms with E-state index in [1.807, 2.05) is 0 Å². The molecule has 4 nitrogen and oxygen atoms in total. The summed E-state index contributed by atoms with van der Waals surface area (Å²) in [6.45, 7) is 4.43. The maximum absolute atomic E-state index is 12.4. The monoisotopic (exact) mass is 550 g/mol. The Kier molecular flexibility index (Phi) is 30.2. The van der Waals surface area contributed by atoms with Crippen molar-refractivity contribution >= 4 is 11.9 Å². The Morgan fingerprint density at radius 1 is 0.564 bits per heavy atom. The van der Waals surface area contributed by atoms with Crippen molar-refractivity contribution in [2.75, 3.05) is 0 Å². The molecular weight excluding hydrogens is 484 g/mol. The van der Waals surface area contributed by atoms with E-state index in [0.717, 1.165) is 57.8 Å². The second-order valence-electron chi connectivity index (χ2n) is 11.7. The number of aliphatic carboxylic acids is 1. The van der Waals surface area contributed by atoms with Gasteiger partial charge in [-0.2, -0.15) is 0 Å². The van der Waals surface area contributed by atoms with Crippen LogP contribution in [0, 0.1) is 0 Å². The molecule has 1 N–H and O–H groups in total. The molecule has 0 bridgehead atoms. The highest BCUT2D eigenvalue weighted by molar-refractivity contribution is 5.69. The minimum absolute atomic E-state index is 0.0704. The van der Waals surface area contributed by atoms with Gasteiger partial charge in [-0.3, -0.25) is 9.59 Å². The quantitative estimate of drug-likeness (QED) is 0.0529. The molecule has 1 atom stereocenters. The molecule has 0 aromatic heterocycles. The minimum atomic E-state index is -0.723. The van der Waals surface area contributed by atoms with Gasteiger partial charge in [0.05, 0.1) is 0 Å². The van der Waals surface area contributed by atoms with Crippen LogP contribution in [0.25, 0.3) is 0 Å². The molecule has 0 aliphatic rings. The maximum Gasteiger partial charge on any atom is 0.306 e. The van der Waals surface area contributed by atoms with Gasteiger partial charge in [-0.05, 0) is 38.2 Å². The predicted octanol–water partition coefficient (Wildman–Crippen LogP) is 11.5. The van der Waals surface area contributed by atoms with Crippen LogP contribution in [0.3, 0.4) is 0 Å². The molecule has 39 heavy (non-hydrogen) atoms. The number of rotatable bonds is 31. The van der Waals surface area contributed by atoms with Crippen LogP contribution in [-0.2, 0) is 14.3 Å². The van der Waals surface area contributed by atoms with Crippen LogP contribution in [0.5, 0.6) is 0 Å². The van der Waals surface area contributed by atoms with Crippen LogP contribution in [0.1, 0.15) is 194 Å². The van der Waals surface area contributed by atoms with Crippen molar-refractivity contribution in [1.82, 2.24) is 0 Å². The number of carbonyl (C=O) groups excluding carboxylic acids is 1. The van der Waals surface area contributed by atoms with Crippen molar-refractivity contribution in [1.29, 1.82) is 0 Å². The maximum atomic E-state index is 12.4. The largest absolute Gasteiger partial charge is 0.481 e. The van der Waals surface area contributed by atoms with Gasteiger partial charge in [0.1, 0.15) is 6.10 Å². The molecule has 4 heteroatoms. The number of hydrogen-bond donors (Lipinski definition) is 1. The number of unbranched alkanes of at least 4 members (excludes halogenated alkanes) is 22. The Bertz CT molecular complexity index is 557. The first-order valence-corrected chi connectivity index (χ1v) is 17.2. The Balaban J connectivity index is 3.60. The average molecular weight is 551 g/mol. The topological polar surface area (TPSA) is 63.6 Å². The van der Waals surface area contributed by atoms with Crippen LogP contribution < -0.4 is 0 Å². The third kappa shape index (κ3) is 31.1. The molecule has 0 saturated heterocycles. The fourth-order valence-electron chi connectivity index (χ4n) is 5.16. The van der Waals surface area contributed by atoms with Gasteiger partial charge in [-0.1, -0.05) is 155 Å². The summed E-state index contributed by atoms with van der Waals surface area (Å²) < 4.78 is 5.76. The second-order valence-corrected chi connectivity index (χ2v) is 11.7. The van der Waals surface area contributed by atoms with Crippen molar-refractivity contribution in [3.8, 4) is 0 Å². The third-order valence-corrected chi connectivity index (χ3v) is 7.70. The van der Waals surface area contributed by atoms with Crippen LogP contribution in [0.2, 0.25) is 0 Å². The Hall–Kier alpha value is -1.32. The van der Waals surface area contributed by atoms with Crippen LogP contribution in [-0.4, -0.2) is 23.1 Å². The van der Waals surface area contributed by atoms with E-state index < -0.39 is 5.97 Å². The molecule has 0 fully saturated rings. The van der Waals surface area contributed by atoms with E-state index >= 15 is 0 Å². The molecule has 230 valence electrons. The Morgan fingerprint density at radius 2 is 0.974 bits per heavy atom. The summed E-state index contributed by atoms with van der Waals surface area (Å²) in [5.74, 6) is -0.793. The molecular formula is C35H66O4. The van der Waals surface area contributed by atoms with Gasteiger partial charge in [-0.25, -0.2) is 0 Å². The smallest absolute Gasteiger partial charge is 0.306 e. The molecule has 0 saturated carbocycles. The lowest BCUT2D eigenvalue weighted by Gasteiger charge is -2.14. The highest BCUT2D eigenvalue weighted by Crippen LogP contribution is 2.16. The molecule has 0 radical (unpaired) electrons. The fraction of sp³-hybridized carbons (Fsp3) is 0.886. The van der Waals surface area contributed by atoms with Crippen LogP contribution >= 0.6 is 0 Å². The zero-order valence-electron chi connectivity index (χ0n) is 26.2. The molecule has 0 aromatic rings. The number of esters is 1. The van der Waals surface area contributed by atoms with E-state index in [9.17, 15) is 9.59 Å². The zero-order chi connectivity index (χ0) is 28.7. The first-order chi connectivity index (χ1) is 19.1. The lowest BCUT2D eigenvalue weighted by atomic mass is 10.0. The number of carbonyl (C=O) groups is 2. The van der Waals surface area contributed by atoms with Gasteiger partial charge >= 0.3 is 11.9 Å². The lowest BCUT2D eigenvalue weighted by molar-refractivity contribution is -0.147. The van der Waals surface area contributed by atoms with Crippen molar-refractivity contribution in [3.05, 3.63) is 12.2 Å². The summed E-state index contributed by atoms with van der Waals surface area (Å²) in [5, 5.41) is 8.74. The van der Waals surface area contributed by atoms with Crippen molar-refractivity contribution in [3.63, 3.8) is 0 Å². The summed E-state index contributed by atoms with van der Waals surface area (Å²) in [7, 11) is 0. The number of ether oxygens (including phenoxy) is 1. The summed E-state index contributed by atoms with van der Waals surface area (Å²) >= 11 is 0.